The van der Waals surface area contributed by atoms with Gasteiger partial charge >= 0.3 is 0 Å². The number of imide groups is 1. The Morgan fingerprint density at radius 1 is 1.42 bits per heavy atom. The lowest BCUT2D eigenvalue weighted by Crippen LogP contribution is -2.58. The fourth-order valence-electron chi connectivity index (χ4n) is 1.91. The van der Waals surface area contributed by atoms with Crippen LogP contribution in [-0.2, 0) is 9.59 Å². The third kappa shape index (κ3) is 2.41. The number of nitrogens with two attached hydrogens (primary N) is 1. The molecule has 1 heterocycles. The Morgan fingerprint density at radius 2 is 2.11 bits per heavy atom. The lowest BCUT2D eigenvalue weighted by molar-refractivity contribution is -0.138. The van der Waals surface area contributed by atoms with Crippen LogP contribution in [0.1, 0.15) is 17.3 Å². The van der Waals surface area contributed by atoms with Crippen LogP contribution in [0.25, 0.3) is 0 Å². The number of para-hydroxylation sites is 1. The first-order valence-corrected chi connectivity index (χ1v) is 5.75. The summed E-state index contributed by atoms with van der Waals surface area (Å²) in [6.45, 7) is 1.42. The minimum Gasteiger partial charge on any atom is -0.323 e. The topological polar surface area (TPSA) is 105 Å². The number of hydrogen-bond donors (Lipinski definition) is 3. The van der Waals surface area contributed by atoms with Crippen LogP contribution < -0.4 is 16.6 Å². The average Bonchev–Trinajstić information content (AvgIpc) is 2.42. The maximum atomic E-state index is 12.4. The first-order chi connectivity index (χ1) is 9.04. The fourth-order valence-corrected chi connectivity index (χ4v) is 1.91. The smallest absolute Gasteiger partial charge is 0.257 e. The zero-order chi connectivity index (χ0) is 14.0. The summed E-state index contributed by atoms with van der Waals surface area (Å²) in [5.74, 6) is 3.95. The molecule has 19 heavy (non-hydrogen) atoms. The zero-order valence-electron chi connectivity index (χ0n) is 10.3. The average molecular weight is 262 g/mol. The molecule has 0 aliphatic carbocycles. The van der Waals surface area contributed by atoms with E-state index in [9.17, 15) is 14.4 Å². The largest absolute Gasteiger partial charge is 0.323 e. The van der Waals surface area contributed by atoms with Crippen LogP contribution in [0.5, 0.6) is 0 Å². The van der Waals surface area contributed by atoms with Crippen LogP contribution >= 0.6 is 0 Å². The van der Waals surface area contributed by atoms with Crippen molar-refractivity contribution in [1.82, 2.24) is 10.2 Å². The number of carbonyl (C=O) groups is 3. The molecule has 100 valence electrons. The van der Waals surface area contributed by atoms with Gasteiger partial charge in [-0.1, -0.05) is 12.1 Å². The molecule has 7 heteroatoms. The second kappa shape index (κ2) is 5.07. The Kier molecular flexibility index (Phi) is 3.48. The normalized spacial score (nSPS) is 19.1. The second-order valence-corrected chi connectivity index (χ2v) is 4.21. The van der Waals surface area contributed by atoms with Gasteiger partial charge in [-0.2, -0.15) is 0 Å². The summed E-state index contributed by atoms with van der Waals surface area (Å²) in [5, 5.41) is 2.18. The number of nitrogen functional groups attached to an aromatic ring is 1. The molecule has 0 radical (unpaired) electrons. The van der Waals surface area contributed by atoms with Gasteiger partial charge in [-0.3, -0.25) is 25.5 Å². The highest BCUT2D eigenvalue weighted by Gasteiger charge is 2.34. The molecule has 2 rings (SSSR count). The molecule has 1 aromatic carbocycles. The molecule has 1 aromatic rings. The van der Waals surface area contributed by atoms with Crippen molar-refractivity contribution in [2.75, 3.05) is 12.0 Å². The van der Waals surface area contributed by atoms with Crippen molar-refractivity contribution in [1.29, 1.82) is 0 Å². The predicted molar refractivity (Wildman–Crippen MR) is 67.9 cm³/mol. The van der Waals surface area contributed by atoms with Gasteiger partial charge in [0.05, 0.1) is 11.3 Å². The highest BCUT2D eigenvalue weighted by atomic mass is 16.2. The first-order valence-electron chi connectivity index (χ1n) is 5.75. The molecule has 0 aromatic heterocycles. The second-order valence-electron chi connectivity index (χ2n) is 4.21. The molecule has 1 atom stereocenters. The van der Waals surface area contributed by atoms with Crippen molar-refractivity contribution >= 4 is 23.4 Å². The van der Waals surface area contributed by atoms with Gasteiger partial charge in [-0.25, -0.2) is 0 Å². The van der Waals surface area contributed by atoms with E-state index in [0.29, 0.717) is 11.3 Å². The number of hydrazine groups is 1. The number of anilines is 1. The standard InChI is InChI=1S/C12H14N4O3/c1-7-11(18)14-10(17)6-16(7)12(19)8-4-2-3-5-9(8)15-13/h2-5,7,15H,6,13H2,1H3,(H,14,17,18). The van der Waals surface area contributed by atoms with E-state index in [1.54, 1.807) is 31.2 Å². The minimum absolute atomic E-state index is 0.148. The van der Waals surface area contributed by atoms with Gasteiger partial charge in [-0.05, 0) is 19.1 Å². The molecular formula is C12H14N4O3. The van der Waals surface area contributed by atoms with Crippen molar-refractivity contribution in [3.05, 3.63) is 29.8 Å². The van der Waals surface area contributed by atoms with Crippen molar-refractivity contribution < 1.29 is 14.4 Å². The zero-order valence-corrected chi connectivity index (χ0v) is 10.3. The Balaban J connectivity index is 2.32. The Bertz CT molecular complexity index is 544. The highest BCUT2D eigenvalue weighted by molar-refractivity contribution is 6.08. The summed E-state index contributed by atoms with van der Waals surface area (Å²) in [7, 11) is 0. The van der Waals surface area contributed by atoms with Crippen LogP contribution in [0, 0.1) is 0 Å². The summed E-state index contributed by atoms with van der Waals surface area (Å²) < 4.78 is 0. The molecule has 1 fully saturated rings. The highest BCUT2D eigenvalue weighted by Crippen LogP contribution is 2.18. The van der Waals surface area contributed by atoms with E-state index < -0.39 is 23.8 Å². The number of nitrogens with one attached hydrogen (secondary N) is 2. The van der Waals surface area contributed by atoms with Gasteiger partial charge in [0.1, 0.15) is 12.6 Å². The van der Waals surface area contributed by atoms with E-state index in [1.807, 2.05) is 0 Å². The number of nitrogens with zero attached hydrogens (tertiary/aromatic N) is 1. The predicted octanol–water partition coefficient (Wildman–Crippen LogP) is -0.541. The van der Waals surface area contributed by atoms with Crippen molar-refractivity contribution in [3.8, 4) is 0 Å². The summed E-state index contributed by atoms with van der Waals surface area (Å²) >= 11 is 0. The van der Waals surface area contributed by atoms with E-state index in [0.717, 1.165) is 0 Å². The molecular weight excluding hydrogens is 248 g/mol. The number of benzene rings is 1. The summed E-state index contributed by atoms with van der Waals surface area (Å²) in [4.78, 5) is 36.5. The van der Waals surface area contributed by atoms with Crippen LogP contribution in [0.2, 0.25) is 0 Å². The number of amides is 3. The fraction of sp³-hybridized carbons (Fsp3) is 0.250. The minimum atomic E-state index is -0.698. The Hall–Kier alpha value is -2.41. The van der Waals surface area contributed by atoms with Gasteiger partial charge in [0, 0.05) is 0 Å². The molecule has 0 saturated carbocycles. The lowest BCUT2D eigenvalue weighted by atomic mass is 10.1. The summed E-state index contributed by atoms with van der Waals surface area (Å²) in [5.41, 5.74) is 3.18. The van der Waals surface area contributed by atoms with Crippen molar-refractivity contribution in [2.45, 2.75) is 13.0 Å². The van der Waals surface area contributed by atoms with E-state index in [1.165, 1.54) is 4.90 Å². The van der Waals surface area contributed by atoms with Crippen molar-refractivity contribution in [2.24, 2.45) is 5.84 Å². The Morgan fingerprint density at radius 3 is 2.79 bits per heavy atom. The van der Waals surface area contributed by atoms with Crippen LogP contribution in [0.15, 0.2) is 24.3 Å². The van der Waals surface area contributed by atoms with Gasteiger partial charge in [0.25, 0.3) is 5.91 Å². The van der Waals surface area contributed by atoms with E-state index in [4.69, 9.17) is 5.84 Å². The molecule has 1 unspecified atom stereocenters. The van der Waals surface area contributed by atoms with Crippen LogP contribution in [0.4, 0.5) is 5.69 Å². The van der Waals surface area contributed by atoms with E-state index in [2.05, 4.69) is 10.7 Å². The molecule has 0 spiro atoms. The Labute approximate surface area is 109 Å². The monoisotopic (exact) mass is 262 g/mol. The molecule has 0 bridgehead atoms. The van der Waals surface area contributed by atoms with Gasteiger partial charge < -0.3 is 10.3 Å². The lowest BCUT2D eigenvalue weighted by Gasteiger charge is -2.32. The van der Waals surface area contributed by atoms with Gasteiger partial charge in [-0.15, -0.1) is 0 Å². The van der Waals surface area contributed by atoms with Gasteiger partial charge in [0.15, 0.2) is 0 Å². The SMILES string of the molecule is CC1C(=O)NC(=O)CN1C(=O)c1ccccc1NN. The number of piperazine rings is 1. The number of hydrogen-bond acceptors (Lipinski definition) is 5. The van der Waals surface area contributed by atoms with Gasteiger partial charge in [0.2, 0.25) is 11.8 Å². The quantitative estimate of drug-likeness (QED) is 0.377. The molecule has 1 aliphatic rings. The van der Waals surface area contributed by atoms with Crippen LogP contribution in [0.3, 0.4) is 0 Å². The molecule has 7 nitrogen and oxygen atoms in total. The maximum absolute atomic E-state index is 12.4. The molecule has 1 saturated heterocycles. The summed E-state index contributed by atoms with van der Waals surface area (Å²) in [6.07, 6.45) is 0. The molecule has 1 aliphatic heterocycles. The van der Waals surface area contributed by atoms with E-state index in [-0.39, 0.29) is 6.54 Å². The molecule has 4 N–H and O–H groups in total. The molecule has 3 amide bonds. The first kappa shape index (κ1) is 13.0. The van der Waals surface area contributed by atoms with Crippen molar-refractivity contribution in [3.63, 3.8) is 0 Å². The summed E-state index contributed by atoms with van der Waals surface area (Å²) in [6, 6.07) is 5.94. The number of carbonyl (C=O) groups excluding carboxylic acids is 3. The third-order valence-corrected chi connectivity index (χ3v) is 3.00. The third-order valence-electron chi connectivity index (χ3n) is 3.00. The number of rotatable bonds is 2. The van der Waals surface area contributed by atoms with E-state index >= 15 is 0 Å². The van der Waals surface area contributed by atoms with Crippen LogP contribution in [-0.4, -0.2) is 35.2 Å². The maximum Gasteiger partial charge on any atom is 0.257 e.